The maximum Gasteiger partial charge on any atom is 0.337 e. The van der Waals surface area contributed by atoms with Crippen LogP contribution in [0.1, 0.15) is 86.4 Å². The lowest BCUT2D eigenvalue weighted by Crippen LogP contribution is -2.41. The van der Waals surface area contributed by atoms with Crippen LogP contribution in [0.2, 0.25) is 0 Å². The monoisotopic (exact) mass is 529 g/mol. The molecule has 0 fully saturated rings. The predicted molar refractivity (Wildman–Crippen MR) is 157 cm³/mol. The molecule has 2 aromatic carbocycles. The van der Waals surface area contributed by atoms with E-state index in [1.807, 2.05) is 45.6 Å². The summed E-state index contributed by atoms with van der Waals surface area (Å²) in [6.45, 7) is 19.1. The SMILES string of the molecule is C=CC1=C(C)CCC(C(=O)N2CCc3c(C)c([C@H](OC(C)(C)C)C(=O)O)c(-c4ccc(C)cc4)c(C)c3C2)C1. The van der Waals surface area contributed by atoms with Gasteiger partial charge in [-0.15, -0.1) is 0 Å². The van der Waals surface area contributed by atoms with E-state index in [4.69, 9.17) is 4.74 Å². The number of rotatable bonds is 6. The average molecular weight is 530 g/mol. The van der Waals surface area contributed by atoms with Crippen molar-refractivity contribution in [3.8, 4) is 11.1 Å². The molecule has 0 radical (unpaired) electrons. The molecule has 5 heteroatoms. The van der Waals surface area contributed by atoms with Gasteiger partial charge in [0.25, 0.3) is 0 Å². The number of fused-ring (bicyclic) bond motifs is 1. The molecular weight excluding hydrogens is 486 g/mol. The third-order valence-electron chi connectivity index (χ3n) is 8.39. The molecule has 2 atom stereocenters. The summed E-state index contributed by atoms with van der Waals surface area (Å²) in [4.78, 5) is 28.4. The molecule has 4 rings (SSSR count). The van der Waals surface area contributed by atoms with Gasteiger partial charge in [-0.3, -0.25) is 4.79 Å². The third-order valence-corrected chi connectivity index (χ3v) is 8.39. The molecule has 1 N–H and O–H groups in total. The van der Waals surface area contributed by atoms with Crippen molar-refractivity contribution in [1.29, 1.82) is 0 Å². The summed E-state index contributed by atoms with van der Waals surface area (Å²) in [5.41, 5.74) is 9.92. The second-order valence-electron chi connectivity index (χ2n) is 12.3. The summed E-state index contributed by atoms with van der Waals surface area (Å²) in [5.74, 6) is -0.797. The standard InChI is InChI=1S/C34H43NO4/c1-9-24-18-26(15-12-21(24)3)32(36)35-17-16-27-22(4)30(31(33(37)38)39-34(6,7)8)29(23(5)28(27)19-35)25-13-10-20(2)11-14-25/h9-11,13-14,26,31H,1,12,15-19H2,2-8H3,(H,37,38)/t26?,31-/m0/s1. The Morgan fingerprint density at radius 1 is 1.05 bits per heavy atom. The van der Waals surface area contributed by atoms with Crippen LogP contribution < -0.4 is 0 Å². The van der Waals surface area contributed by atoms with Crippen molar-refractivity contribution in [2.75, 3.05) is 6.54 Å². The predicted octanol–water partition coefficient (Wildman–Crippen LogP) is 7.41. The Morgan fingerprint density at radius 3 is 2.31 bits per heavy atom. The molecule has 39 heavy (non-hydrogen) atoms. The summed E-state index contributed by atoms with van der Waals surface area (Å²) in [6, 6.07) is 8.23. The van der Waals surface area contributed by atoms with Gasteiger partial charge in [0.05, 0.1) is 5.60 Å². The quantitative estimate of drug-likeness (QED) is 0.423. The van der Waals surface area contributed by atoms with Gasteiger partial charge < -0.3 is 14.7 Å². The van der Waals surface area contributed by atoms with Crippen LogP contribution in [0.5, 0.6) is 0 Å². The number of hydrogen-bond donors (Lipinski definition) is 1. The number of carboxylic acid groups (broad SMARTS) is 1. The van der Waals surface area contributed by atoms with E-state index < -0.39 is 17.7 Å². The van der Waals surface area contributed by atoms with E-state index in [0.717, 1.165) is 63.8 Å². The lowest BCUT2D eigenvalue weighted by molar-refractivity contribution is -0.160. The second kappa shape index (κ2) is 11.1. The van der Waals surface area contributed by atoms with Gasteiger partial charge in [0.1, 0.15) is 0 Å². The molecule has 5 nitrogen and oxygen atoms in total. The molecule has 0 bridgehead atoms. The third kappa shape index (κ3) is 5.89. The van der Waals surface area contributed by atoms with E-state index in [9.17, 15) is 14.7 Å². The zero-order chi connectivity index (χ0) is 28.6. The van der Waals surface area contributed by atoms with Crippen LogP contribution in [0, 0.1) is 26.7 Å². The number of amides is 1. The first-order valence-electron chi connectivity index (χ1n) is 14.0. The molecule has 2 aliphatic rings. The first kappa shape index (κ1) is 28.8. The number of hydrogen-bond acceptors (Lipinski definition) is 3. The lowest BCUT2D eigenvalue weighted by atomic mass is 9.79. The Kier molecular flexibility index (Phi) is 8.22. The topological polar surface area (TPSA) is 66.8 Å². The Morgan fingerprint density at radius 2 is 1.72 bits per heavy atom. The first-order chi connectivity index (χ1) is 18.3. The molecule has 0 saturated carbocycles. The summed E-state index contributed by atoms with van der Waals surface area (Å²) in [7, 11) is 0. The van der Waals surface area contributed by atoms with Crippen LogP contribution in [0.4, 0.5) is 0 Å². The van der Waals surface area contributed by atoms with Gasteiger partial charge >= 0.3 is 5.97 Å². The average Bonchev–Trinajstić information content (AvgIpc) is 2.89. The largest absolute Gasteiger partial charge is 0.479 e. The van der Waals surface area contributed by atoms with Crippen molar-refractivity contribution in [2.45, 2.75) is 92.4 Å². The highest BCUT2D eigenvalue weighted by molar-refractivity contribution is 5.85. The fraction of sp³-hybridized carbons (Fsp3) is 0.471. The van der Waals surface area contributed by atoms with Crippen molar-refractivity contribution in [3.63, 3.8) is 0 Å². The van der Waals surface area contributed by atoms with Crippen molar-refractivity contribution in [1.82, 2.24) is 4.90 Å². The van der Waals surface area contributed by atoms with Gasteiger partial charge in [-0.1, -0.05) is 48.1 Å². The van der Waals surface area contributed by atoms with Crippen molar-refractivity contribution in [3.05, 3.63) is 81.4 Å². The molecule has 1 aliphatic carbocycles. The molecule has 1 unspecified atom stereocenters. The maximum absolute atomic E-state index is 13.7. The van der Waals surface area contributed by atoms with E-state index in [2.05, 4.69) is 44.7 Å². The zero-order valence-electron chi connectivity index (χ0n) is 24.6. The lowest BCUT2D eigenvalue weighted by Gasteiger charge is -2.37. The van der Waals surface area contributed by atoms with Crippen LogP contribution in [0.3, 0.4) is 0 Å². The molecule has 208 valence electrons. The summed E-state index contributed by atoms with van der Waals surface area (Å²) < 4.78 is 6.19. The van der Waals surface area contributed by atoms with E-state index in [-0.39, 0.29) is 11.8 Å². The number of ether oxygens (including phenoxy) is 1. The highest BCUT2D eigenvalue weighted by atomic mass is 16.5. The highest BCUT2D eigenvalue weighted by Gasteiger charge is 2.36. The highest BCUT2D eigenvalue weighted by Crippen LogP contribution is 2.43. The summed E-state index contributed by atoms with van der Waals surface area (Å²) in [5, 5.41) is 10.4. The number of benzene rings is 2. The minimum atomic E-state index is -1.10. The van der Waals surface area contributed by atoms with Crippen LogP contribution in [-0.2, 0) is 27.3 Å². The number of carbonyl (C=O) groups excluding carboxylic acids is 1. The maximum atomic E-state index is 13.7. The molecule has 1 amide bonds. The van der Waals surface area contributed by atoms with Crippen molar-refractivity contribution >= 4 is 11.9 Å². The Labute approximate surface area is 233 Å². The zero-order valence-corrected chi connectivity index (χ0v) is 24.6. The number of aryl methyl sites for hydroxylation is 1. The smallest absolute Gasteiger partial charge is 0.337 e. The van der Waals surface area contributed by atoms with Gasteiger partial charge in [-0.2, -0.15) is 0 Å². The van der Waals surface area contributed by atoms with Crippen LogP contribution in [0.15, 0.2) is 48.1 Å². The van der Waals surface area contributed by atoms with Gasteiger partial charge in [0, 0.05) is 24.6 Å². The Bertz CT molecular complexity index is 1330. The fourth-order valence-corrected chi connectivity index (χ4v) is 6.24. The molecule has 1 heterocycles. The van der Waals surface area contributed by atoms with Gasteiger partial charge in [-0.25, -0.2) is 4.79 Å². The first-order valence-corrected chi connectivity index (χ1v) is 14.0. The van der Waals surface area contributed by atoms with E-state index in [1.165, 1.54) is 11.1 Å². The fourth-order valence-electron chi connectivity index (χ4n) is 6.24. The van der Waals surface area contributed by atoms with Crippen LogP contribution >= 0.6 is 0 Å². The molecule has 1 aliphatic heterocycles. The van der Waals surface area contributed by atoms with Gasteiger partial charge in [-0.05, 0) is 113 Å². The minimum absolute atomic E-state index is 0.0166. The van der Waals surface area contributed by atoms with Crippen LogP contribution in [-0.4, -0.2) is 34.0 Å². The Balaban J connectivity index is 1.81. The van der Waals surface area contributed by atoms with Crippen molar-refractivity contribution in [2.24, 2.45) is 5.92 Å². The van der Waals surface area contributed by atoms with E-state index in [0.29, 0.717) is 19.5 Å². The molecule has 2 aromatic rings. The van der Waals surface area contributed by atoms with Gasteiger partial charge in [0.15, 0.2) is 6.10 Å². The van der Waals surface area contributed by atoms with Crippen molar-refractivity contribution < 1.29 is 19.4 Å². The normalized spacial score (nSPS) is 18.5. The van der Waals surface area contributed by atoms with E-state index in [1.54, 1.807) is 0 Å². The number of nitrogens with zero attached hydrogens (tertiary/aromatic N) is 1. The van der Waals surface area contributed by atoms with Gasteiger partial charge in [0.2, 0.25) is 5.91 Å². The second-order valence-corrected chi connectivity index (χ2v) is 12.3. The number of allylic oxidation sites excluding steroid dienone is 3. The number of carboxylic acids is 1. The summed E-state index contributed by atoms with van der Waals surface area (Å²) in [6.07, 6.45) is 4.08. The van der Waals surface area contributed by atoms with Crippen LogP contribution in [0.25, 0.3) is 11.1 Å². The molecular formula is C34H43NO4. The van der Waals surface area contributed by atoms with E-state index >= 15 is 0 Å². The molecule has 0 saturated heterocycles. The molecule has 0 aromatic heterocycles. The number of aliphatic carboxylic acids is 1. The molecule has 0 spiro atoms. The number of carbonyl (C=O) groups is 2. The minimum Gasteiger partial charge on any atom is -0.479 e. The Hall–Kier alpha value is -3.18. The summed E-state index contributed by atoms with van der Waals surface area (Å²) >= 11 is 0.